The van der Waals surface area contributed by atoms with Crippen molar-refractivity contribution in [1.29, 1.82) is 0 Å². The minimum absolute atomic E-state index is 0.146. The maximum absolute atomic E-state index is 12.6. The van der Waals surface area contributed by atoms with Crippen LogP contribution in [0.1, 0.15) is 31.0 Å². The summed E-state index contributed by atoms with van der Waals surface area (Å²) in [5.41, 5.74) is 2.44. The van der Waals surface area contributed by atoms with Crippen molar-refractivity contribution < 1.29 is 9.53 Å². The van der Waals surface area contributed by atoms with Gasteiger partial charge in [-0.05, 0) is 55.2 Å². The van der Waals surface area contributed by atoms with Crippen LogP contribution in [-0.4, -0.2) is 22.3 Å². The Balaban J connectivity index is 1.67. The Morgan fingerprint density at radius 2 is 2.00 bits per heavy atom. The molecule has 0 spiro atoms. The van der Waals surface area contributed by atoms with Crippen LogP contribution in [0, 0.1) is 5.92 Å². The van der Waals surface area contributed by atoms with Crippen LogP contribution in [0.25, 0.3) is 5.65 Å². The third-order valence-electron chi connectivity index (χ3n) is 4.88. The molecule has 0 N–H and O–H groups in total. The van der Waals surface area contributed by atoms with Gasteiger partial charge in [-0.1, -0.05) is 30.1 Å². The average molecular weight is 418 g/mol. The highest BCUT2D eigenvalue weighted by molar-refractivity contribution is 6.34. The van der Waals surface area contributed by atoms with Gasteiger partial charge in [-0.3, -0.25) is 14.1 Å². The van der Waals surface area contributed by atoms with Crippen LogP contribution in [0.3, 0.4) is 0 Å². The topological polar surface area (TPSA) is 46.8 Å². The van der Waals surface area contributed by atoms with Gasteiger partial charge in [0.05, 0.1) is 5.69 Å². The fraction of sp³-hybridized carbons (Fsp3) is 0.333. The number of hydrogen-bond donors (Lipinski definition) is 0. The van der Waals surface area contributed by atoms with E-state index >= 15 is 0 Å². The van der Waals surface area contributed by atoms with Crippen molar-refractivity contribution in [3.63, 3.8) is 0 Å². The van der Waals surface area contributed by atoms with E-state index in [1.54, 1.807) is 11.0 Å². The summed E-state index contributed by atoms with van der Waals surface area (Å²) in [5, 5.41) is 1.14. The quantitative estimate of drug-likeness (QED) is 0.556. The van der Waals surface area contributed by atoms with Crippen LogP contribution in [0.15, 0.2) is 36.5 Å². The second kappa shape index (κ2) is 7.64. The van der Waals surface area contributed by atoms with Gasteiger partial charge in [-0.2, -0.15) is 0 Å². The normalized spacial score (nSPS) is 13.7. The fourth-order valence-corrected chi connectivity index (χ4v) is 3.92. The highest BCUT2D eigenvalue weighted by Gasteiger charge is 2.34. The number of carbonyl (C=O) groups is 1. The van der Waals surface area contributed by atoms with Crippen molar-refractivity contribution in [1.82, 2.24) is 9.38 Å². The molecule has 1 aliphatic rings. The zero-order chi connectivity index (χ0) is 19.8. The minimum Gasteiger partial charge on any atom is -0.485 e. The molecule has 1 aromatic carbocycles. The van der Waals surface area contributed by atoms with Crippen molar-refractivity contribution >= 4 is 40.6 Å². The van der Waals surface area contributed by atoms with E-state index in [0.29, 0.717) is 28.0 Å². The molecular formula is C21H21Cl2N3O2. The van der Waals surface area contributed by atoms with E-state index < -0.39 is 0 Å². The Hall–Kier alpha value is -2.24. The molecule has 1 fully saturated rings. The van der Waals surface area contributed by atoms with E-state index in [9.17, 15) is 4.79 Å². The number of carbonyl (C=O) groups excluding carboxylic acids is 1. The predicted molar refractivity (Wildman–Crippen MR) is 111 cm³/mol. The predicted octanol–water partition coefficient (Wildman–Crippen LogP) is 5.16. The summed E-state index contributed by atoms with van der Waals surface area (Å²) in [6.07, 6.45) is 4.58. The third-order valence-corrected chi connectivity index (χ3v) is 5.32. The molecule has 146 valence electrons. The summed E-state index contributed by atoms with van der Waals surface area (Å²) < 4.78 is 7.95. The monoisotopic (exact) mass is 417 g/mol. The first-order valence-corrected chi connectivity index (χ1v) is 10.1. The Labute approximate surface area is 173 Å². The Morgan fingerprint density at radius 1 is 1.29 bits per heavy atom. The van der Waals surface area contributed by atoms with Gasteiger partial charge in [0.25, 0.3) is 0 Å². The molecule has 7 heteroatoms. The second-order valence-electron chi connectivity index (χ2n) is 7.04. The Kier molecular flexibility index (Phi) is 5.21. The number of aryl methyl sites for hydroxylation is 1. The number of amides is 1. The number of imidazole rings is 1. The first kappa shape index (κ1) is 19.1. The molecule has 28 heavy (non-hydrogen) atoms. The number of ether oxygens (including phenoxy) is 1. The lowest BCUT2D eigenvalue weighted by Gasteiger charge is -2.18. The van der Waals surface area contributed by atoms with Crippen molar-refractivity contribution in [2.75, 3.05) is 11.9 Å². The largest absolute Gasteiger partial charge is 0.485 e. The highest BCUT2D eigenvalue weighted by Crippen LogP contribution is 2.34. The molecule has 2 aromatic heterocycles. The van der Waals surface area contributed by atoms with Crippen LogP contribution >= 0.6 is 23.2 Å². The molecule has 0 aliphatic heterocycles. The van der Waals surface area contributed by atoms with Gasteiger partial charge in [0.15, 0.2) is 11.4 Å². The summed E-state index contributed by atoms with van der Waals surface area (Å²) in [5.74, 6) is 1.75. The van der Waals surface area contributed by atoms with E-state index in [1.165, 1.54) is 0 Å². The minimum atomic E-state index is 0.146. The van der Waals surface area contributed by atoms with Crippen LogP contribution in [0.5, 0.6) is 5.75 Å². The number of fused-ring (bicyclic) bond motifs is 1. The smallest absolute Gasteiger partial charge is 0.231 e. The molecule has 3 aromatic rings. The van der Waals surface area contributed by atoms with Gasteiger partial charge in [0, 0.05) is 29.2 Å². The van der Waals surface area contributed by atoms with E-state index in [1.807, 2.05) is 48.8 Å². The standard InChI is InChI=1S/C21H21Cl2N3O2/c1-3-17-20(25(2)21(27)14-6-7-14)26-8-4-5-18(19(26)24-17)28-12-13-9-15(22)11-16(23)10-13/h4-5,8-11,14H,3,6-7,12H2,1-2H3. The molecule has 0 bridgehead atoms. The van der Waals surface area contributed by atoms with Crippen LogP contribution in [0.4, 0.5) is 5.82 Å². The van der Waals surface area contributed by atoms with Crippen molar-refractivity contribution in [2.24, 2.45) is 5.92 Å². The van der Waals surface area contributed by atoms with E-state index in [2.05, 4.69) is 0 Å². The molecule has 0 saturated heterocycles. The van der Waals surface area contributed by atoms with E-state index in [4.69, 9.17) is 32.9 Å². The van der Waals surface area contributed by atoms with Crippen molar-refractivity contribution in [2.45, 2.75) is 32.8 Å². The van der Waals surface area contributed by atoms with Crippen LogP contribution in [0.2, 0.25) is 10.0 Å². The number of nitrogens with zero attached hydrogens (tertiary/aromatic N) is 3. The Bertz CT molecular complexity index is 1020. The highest BCUT2D eigenvalue weighted by atomic mass is 35.5. The molecule has 0 unspecified atom stereocenters. The lowest BCUT2D eigenvalue weighted by molar-refractivity contribution is -0.119. The van der Waals surface area contributed by atoms with E-state index in [-0.39, 0.29) is 11.8 Å². The molecule has 1 aliphatic carbocycles. The SMILES string of the molecule is CCc1nc2c(OCc3cc(Cl)cc(Cl)c3)cccn2c1N(C)C(=O)C1CC1. The molecule has 1 amide bonds. The number of aromatic nitrogens is 2. The summed E-state index contributed by atoms with van der Waals surface area (Å²) in [7, 11) is 1.82. The van der Waals surface area contributed by atoms with Gasteiger partial charge >= 0.3 is 0 Å². The number of halogens is 2. The van der Waals surface area contributed by atoms with Crippen LogP contribution < -0.4 is 9.64 Å². The summed E-state index contributed by atoms with van der Waals surface area (Å²) in [4.78, 5) is 19.1. The fourth-order valence-electron chi connectivity index (χ4n) is 3.35. The van der Waals surface area contributed by atoms with Gasteiger partial charge in [-0.15, -0.1) is 0 Å². The maximum atomic E-state index is 12.6. The zero-order valence-electron chi connectivity index (χ0n) is 15.8. The molecule has 4 rings (SSSR count). The number of anilines is 1. The summed E-state index contributed by atoms with van der Waals surface area (Å²) in [6, 6.07) is 9.11. The summed E-state index contributed by atoms with van der Waals surface area (Å²) >= 11 is 12.1. The maximum Gasteiger partial charge on any atom is 0.231 e. The van der Waals surface area contributed by atoms with E-state index in [0.717, 1.165) is 36.3 Å². The Morgan fingerprint density at radius 3 is 2.64 bits per heavy atom. The molecule has 5 nitrogen and oxygen atoms in total. The van der Waals surface area contributed by atoms with Gasteiger partial charge < -0.3 is 4.74 Å². The van der Waals surface area contributed by atoms with Gasteiger partial charge in [-0.25, -0.2) is 4.98 Å². The molecule has 0 atom stereocenters. The lowest BCUT2D eigenvalue weighted by Crippen LogP contribution is -2.29. The zero-order valence-corrected chi connectivity index (χ0v) is 17.3. The average Bonchev–Trinajstić information content (AvgIpc) is 3.44. The number of hydrogen-bond acceptors (Lipinski definition) is 3. The van der Waals surface area contributed by atoms with Gasteiger partial charge in [0.2, 0.25) is 5.91 Å². The first-order valence-electron chi connectivity index (χ1n) is 9.33. The molecule has 2 heterocycles. The lowest BCUT2D eigenvalue weighted by atomic mass is 10.2. The first-order chi connectivity index (χ1) is 13.5. The second-order valence-corrected chi connectivity index (χ2v) is 7.91. The van der Waals surface area contributed by atoms with Crippen molar-refractivity contribution in [3.8, 4) is 5.75 Å². The number of rotatable bonds is 6. The molecule has 1 saturated carbocycles. The number of pyridine rings is 1. The van der Waals surface area contributed by atoms with Gasteiger partial charge in [0.1, 0.15) is 12.4 Å². The summed E-state index contributed by atoms with van der Waals surface area (Å²) in [6.45, 7) is 2.36. The van der Waals surface area contributed by atoms with Crippen molar-refractivity contribution in [3.05, 3.63) is 57.8 Å². The van der Waals surface area contributed by atoms with Crippen LogP contribution in [-0.2, 0) is 17.8 Å². The number of benzene rings is 1. The third kappa shape index (κ3) is 3.69. The molecule has 0 radical (unpaired) electrons. The molecular weight excluding hydrogens is 397 g/mol.